The summed E-state index contributed by atoms with van der Waals surface area (Å²) in [6, 6.07) is -1.85. The first-order valence-corrected chi connectivity index (χ1v) is 4.78. The molecule has 7 heteroatoms. The molecule has 1 atom stereocenters. The van der Waals surface area contributed by atoms with Crippen LogP contribution in [0.3, 0.4) is 0 Å². The van der Waals surface area contributed by atoms with Gasteiger partial charge in [0.15, 0.2) is 0 Å². The van der Waals surface area contributed by atoms with Crippen molar-refractivity contribution in [1.82, 2.24) is 10.6 Å². The Kier molecular flexibility index (Phi) is 6.94. The quantitative estimate of drug-likeness (QED) is 0.423. The van der Waals surface area contributed by atoms with E-state index in [2.05, 4.69) is 21.3 Å². The van der Waals surface area contributed by atoms with E-state index in [1.54, 1.807) is 0 Å². The van der Waals surface area contributed by atoms with Crippen LogP contribution >= 0.6 is 0 Å². The van der Waals surface area contributed by atoms with Crippen molar-refractivity contribution >= 4 is 18.0 Å². The van der Waals surface area contributed by atoms with Gasteiger partial charge in [-0.25, -0.2) is 9.59 Å². The predicted octanol–water partition coefficient (Wildman–Crippen LogP) is -0.675. The van der Waals surface area contributed by atoms with Crippen LogP contribution in [0.5, 0.6) is 0 Å². The van der Waals surface area contributed by atoms with E-state index >= 15 is 0 Å². The first-order valence-electron chi connectivity index (χ1n) is 4.78. The van der Waals surface area contributed by atoms with Crippen LogP contribution in [-0.2, 0) is 14.3 Å². The van der Waals surface area contributed by atoms with Crippen LogP contribution in [0.2, 0.25) is 0 Å². The Morgan fingerprint density at radius 3 is 2.59 bits per heavy atom. The van der Waals surface area contributed by atoms with Crippen molar-refractivity contribution in [3.8, 4) is 12.3 Å². The molecule has 17 heavy (non-hydrogen) atoms. The number of carboxylic acid groups (broad SMARTS) is 1. The van der Waals surface area contributed by atoms with Crippen LogP contribution in [0.15, 0.2) is 0 Å². The second kappa shape index (κ2) is 7.98. The molecule has 2 amide bonds. The predicted molar refractivity (Wildman–Crippen MR) is 58.0 cm³/mol. The molecule has 0 spiro atoms. The average Bonchev–Trinajstić information content (AvgIpc) is 2.30. The number of methoxy groups -OCH3 is 1. The van der Waals surface area contributed by atoms with E-state index in [-0.39, 0.29) is 19.4 Å². The molecule has 0 saturated carbocycles. The second-order valence-corrected chi connectivity index (χ2v) is 3.04. The number of terminal acetylenes is 1. The summed E-state index contributed by atoms with van der Waals surface area (Å²) in [4.78, 5) is 32.7. The summed E-state index contributed by atoms with van der Waals surface area (Å²) in [6.07, 6.45) is 4.77. The Morgan fingerprint density at radius 1 is 1.47 bits per heavy atom. The van der Waals surface area contributed by atoms with E-state index in [1.807, 2.05) is 0 Å². The first-order chi connectivity index (χ1) is 8.01. The zero-order valence-electron chi connectivity index (χ0n) is 9.36. The van der Waals surface area contributed by atoms with Crippen molar-refractivity contribution in [3.63, 3.8) is 0 Å². The summed E-state index contributed by atoms with van der Waals surface area (Å²) in [6.45, 7) is -0.00479. The zero-order valence-corrected chi connectivity index (χ0v) is 9.36. The van der Waals surface area contributed by atoms with E-state index in [4.69, 9.17) is 11.5 Å². The molecular weight excluding hydrogens is 228 g/mol. The van der Waals surface area contributed by atoms with Crippen molar-refractivity contribution in [2.45, 2.75) is 18.9 Å². The van der Waals surface area contributed by atoms with E-state index in [0.29, 0.717) is 0 Å². The Balaban J connectivity index is 4.16. The number of aliphatic carboxylic acids is 1. The number of esters is 1. The lowest BCUT2D eigenvalue weighted by Gasteiger charge is -2.13. The van der Waals surface area contributed by atoms with E-state index in [1.165, 1.54) is 7.11 Å². The number of hydrogen-bond acceptors (Lipinski definition) is 4. The van der Waals surface area contributed by atoms with Crippen LogP contribution in [0.4, 0.5) is 4.79 Å². The number of carbonyl (C=O) groups excluding carboxylic acids is 2. The lowest BCUT2D eigenvalue weighted by molar-refractivity contribution is -0.142. The monoisotopic (exact) mass is 242 g/mol. The first kappa shape index (κ1) is 14.8. The van der Waals surface area contributed by atoms with E-state index < -0.39 is 24.0 Å². The van der Waals surface area contributed by atoms with Gasteiger partial charge in [0.25, 0.3) is 0 Å². The topological polar surface area (TPSA) is 105 Å². The van der Waals surface area contributed by atoms with Gasteiger partial charge in [-0.05, 0) is 6.42 Å². The second-order valence-electron chi connectivity index (χ2n) is 3.04. The Morgan fingerprint density at radius 2 is 2.12 bits per heavy atom. The van der Waals surface area contributed by atoms with E-state index in [9.17, 15) is 14.4 Å². The summed E-state index contributed by atoms with van der Waals surface area (Å²) in [5, 5.41) is 13.2. The molecule has 3 N–H and O–H groups in total. The minimum atomic E-state index is -1.23. The molecule has 0 aliphatic rings. The number of hydrogen-bond donors (Lipinski definition) is 3. The maximum atomic E-state index is 11.1. The van der Waals surface area contributed by atoms with Gasteiger partial charge in [-0.1, -0.05) is 5.92 Å². The summed E-state index contributed by atoms with van der Waals surface area (Å²) in [5.41, 5.74) is 0. The Bertz CT molecular complexity index is 334. The molecule has 0 aliphatic heterocycles. The fourth-order valence-electron chi connectivity index (χ4n) is 0.962. The smallest absolute Gasteiger partial charge is 0.326 e. The molecule has 0 aromatic heterocycles. The SMILES string of the molecule is C#CCNC(=O)N[C@@H](CCC(=O)OC)C(=O)O. The van der Waals surface area contributed by atoms with Crippen molar-refractivity contribution < 1.29 is 24.2 Å². The Labute approximate surface area is 98.5 Å². The van der Waals surface area contributed by atoms with Crippen molar-refractivity contribution in [1.29, 1.82) is 0 Å². The molecule has 0 aromatic rings. The molecule has 7 nitrogen and oxygen atoms in total. The summed E-state index contributed by atoms with van der Waals surface area (Å²) >= 11 is 0. The maximum Gasteiger partial charge on any atom is 0.326 e. The average molecular weight is 242 g/mol. The largest absolute Gasteiger partial charge is 0.480 e. The number of rotatable bonds is 6. The van der Waals surface area contributed by atoms with Crippen LogP contribution in [0.25, 0.3) is 0 Å². The van der Waals surface area contributed by atoms with Crippen molar-refractivity contribution in [2.75, 3.05) is 13.7 Å². The number of carboxylic acids is 1. The lowest BCUT2D eigenvalue weighted by atomic mass is 10.1. The number of urea groups is 1. The highest BCUT2D eigenvalue weighted by Crippen LogP contribution is 1.99. The third-order valence-corrected chi connectivity index (χ3v) is 1.82. The lowest BCUT2D eigenvalue weighted by Crippen LogP contribution is -2.46. The number of ether oxygens (including phenoxy) is 1. The van der Waals surface area contributed by atoms with Crippen molar-refractivity contribution in [2.24, 2.45) is 0 Å². The fraction of sp³-hybridized carbons (Fsp3) is 0.500. The number of carbonyl (C=O) groups is 3. The van der Waals surface area contributed by atoms with Gasteiger partial charge in [0.2, 0.25) is 0 Å². The maximum absolute atomic E-state index is 11.1. The molecule has 94 valence electrons. The fourth-order valence-corrected chi connectivity index (χ4v) is 0.962. The highest BCUT2D eigenvalue weighted by Gasteiger charge is 2.20. The van der Waals surface area contributed by atoms with Gasteiger partial charge in [-0.15, -0.1) is 6.42 Å². The summed E-state index contributed by atoms with van der Waals surface area (Å²) in [7, 11) is 1.20. The molecule has 0 fully saturated rings. The Hall–Kier alpha value is -2.23. The third-order valence-electron chi connectivity index (χ3n) is 1.82. The van der Waals surface area contributed by atoms with Gasteiger partial charge in [-0.3, -0.25) is 4.79 Å². The molecular formula is C10H14N2O5. The third kappa shape index (κ3) is 6.78. The molecule has 0 saturated heterocycles. The van der Waals surface area contributed by atoms with Crippen LogP contribution in [0, 0.1) is 12.3 Å². The minimum absolute atomic E-state index is 0.00479. The summed E-state index contributed by atoms with van der Waals surface area (Å²) < 4.78 is 4.36. The molecule has 0 bridgehead atoms. The van der Waals surface area contributed by atoms with Gasteiger partial charge >= 0.3 is 18.0 Å². The molecule has 0 rings (SSSR count). The highest BCUT2D eigenvalue weighted by molar-refractivity contribution is 5.83. The normalized spacial score (nSPS) is 10.8. The molecule has 0 aliphatic carbocycles. The van der Waals surface area contributed by atoms with Gasteiger partial charge in [0.1, 0.15) is 6.04 Å². The van der Waals surface area contributed by atoms with E-state index in [0.717, 1.165) is 0 Å². The number of amides is 2. The minimum Gasteiger partial charge on any atom is -0.480 e. The number of nitrogens with one attached hydrogen (secondary N) is 2. The molecule has 0 aromatic carbocycles. The van der Waals surface area contributed by atoms with Gasteiger partial charge in [0.05, 0.1) is 13.7 Å². The summed E-state index contributed by atoms with van der Waals surface area (Å²) in [5.74, 6) is 0.396. The van der Waals surface area contributed by atoms with Crippen molar-refractivity contribution in [3.05, 3.63) is 0 Å². The standard InChI is InChI=1S/C10H14N2O5/c1-3-6-11-10(16)12-7(9(14)15)4-5-8(13)17-2/h1,7H,4-6H2,2H3,(H,14,15)(H2,11,12,16)/t7-/m0/s1. The molecule has 0 radical (unpaired) electrons. The van der Waals surface area contributed by atoms with Crippen LogP contribution < -0.4 is 10.6 Å². The van der Waals surface area contributed by atoms with Crippen LogP contribution in [0.1, 0.15) is 12.8 Å². The van der Waals surface area contributed by atoms with Gasteiger partial charge in [0, 0.05) is 6.42 Å². The zero-order chi connectivity index (χ0) is 13.3. The molecule has 0 unspecified atom stereocenters. The van der Waals surface area contributed by atoms with Gasteiger partial charge in [-0.2, -0.15) is 0 Å². The molecule has 0 heterocycles. The van der Waals surface area contributed by atoms with Crippen LogP contribution in [-0.4, -0.2) is 42.8 Å². The highest BCUT2D eigenvalue weighted by atomic mass is 16.5. The van der Waals surface area contributed by atoms with Gasteiger partial charge < -0.3 is 20.5 Å².